The molecule has 1 fully saturated rings. The van der Waals surface area contributed by atoms with Crippen LogP contribution < -0.4 is 5.32 Å². The number of phenolic OH excluding ortho intramolecular Hbond substituents is 2. The molecule has 0 spiro atoms. The number of aliphatic hydroxyl groups is 1. The highest BCUT2D eigenvalue weighted by molar-refractivity contribution is 5.95. The van der Waals surface area contributed by atoms with E-state index in [9.17, 15) is 20.1 Å². The van der Waals surface area contributed by atoms with Crippen LogP contribution in [0.4, 0.5) is 0 Å². The van der Waals surface area contributed by atoms with Gasteiger partial charge < -0.3 is 20.6 Å². The van der Waals surface area contributed by atoms with E-state index < -0.39 is 11.4 Å². The van der Waals surface area contributed by atoms with Crippen LogP contribution in [0.3, 0.4) is 0 Å². The van der Waals surface area contributed by atoms with Crippen LogP contribution in [0.5, 0.6) is 11.5 Å². The highest BCUT2D eigenvalue weighted by Gasteiger charge is 2.34. The second-order valence-corrected chi connectivity index (χ2v) is 4.84. The van der Waals surface area contributed by atoms with Crippen molar-refractivity contribution in [2.24, 2.45) is 0 Å². The van der Waals surface area contributed by atoms with E-state index in [1.807, 2.05) is 0 Å². The predicted octanol–water partition coefficient (Wildman–Crippen LogP) is 1.13. The zero-order valence-corrected chi connectivity index (χ0v) is 10.0. The summed E-state index contributed by atoms with van der Waals surface area (Å²) in [5.41, 5.74) is -0.370. The van der Waals surface area contributed by atoms with Gasteiger partial charge in [0.1, 0.15) is 11.5 Å². The standard InChI is InChI=1S/C13H17NO4/c15-8-13(3-1-2-4-13)14-12(18)9-5-10(16)7-11(17)6-9/h5-7,15-17H,1-4,8H2,(H,14,18). The molecule has 0 unspecified atom stereocenters. The van der Waals surface area contributed by atoms with Gasteiger partial charge in [0.05, 0.1) is 12.1 Å². The van der Waals surface area contributed by atoms with Gasteiger partial charge in [0, 0.05) is 11.6 Å². The van der Waals surface area contributed by atoms with Gasteiger partial charge in [0.15, 0.2) is 0 Å². The number of aliphatic hydroxyl groups excluding tert-OH is 1. The summed E-state index contributed by atoms with van der Waals surface area (Å²) in [7, 11) is 0. The second kappa shape index (κ2) is 4.86. The third-order valence-corrected chi connectivity index (χ3v) is 3.41. The Balaban J connectivity index is 2.16. The molecular weight excluding hydrogens is 234 g/mol. The van der Waals surface area contributed by atoms with Crippen molar-refractivity contribution in [3.8, 4) is 11.5 Å². The number of carbonyl (C=O) groups is 1. The quantitative estimate of drug-likeness (QED) is 0.648. The van der Waals surface area contributed by atoms with Crippen molar-refractivity contribution in [1.29, 1.82) is 0 Å². The molecule has 2 rings (SSSR count). The van der Waals surface area contributed by atoms with Crippen molar-refractivity contribution in [3.05, 3.63) is 23.8 Å². The normalized spacial score (nSPS) is 17.6. The van der Waals surface area contributed by atoms with E-state index in [0.29, 0.717) is 0 Å². The van der Waals surface area contributed by atoms with Crippen molar-refractivity contribution >= 4 is 5.91 Å². The summed E-state index contributed by atoms with van der Waals surface area (Å²) < 4.78 is 0. The van der Waals surface area contributed by atoms with Crippen molar-refractivity contribution in [2.45, 2.75) is 31.2 Å². The fourth-order valence-corrected chi connectivity index (χ4v) is 2.41. The van der Waals surface area contributed by atoms with Gasteiger partial charge >= 0.3 is 0 Å². The number of carbonyl (C=O) groups excluding carboxylic acids is 1. The molecule has 1 amide bonds. The lowest BCUT2D eigenvalue weighted by molar-refractivity contribution is 0.0837. The van der Waals surface area contributed by atoms with E-state index in [1.54, 1.807) is 0 Å². The van der Waals surface area contributed by atoms with E-state index in [1.165, 1.54) is 12.1 Å². The molecule has 0 bridgehead atoms. The number of hydrogen-bond acceptors (Lipinski definition) is 4. The largest absolute Gasteiger partial charge is 0.508 e. The zero-order chi connectivity index (χ0) is 13.2. The molecule has 18 heavy (non-hydrogen) atoms. The average molecular weight is 251 g/mol. The molecule has 1 saturated carbocycles. The Bertz CT molecular complexity index is 432. The van der Waals surface area contributed by atoms with E-state index in [2.05, 4.69) is 5.32 Å². The highest BCUT2D eigenvalue weighted by Crippen LogP contribution is 2.30. The van der Waals surface area contributed by atoms with E-state index in [0.717, 1.165) is 31.7 Å². The molecule has 1 aliphatic rings. The van der Waals surface area contributed by atoms with Crippen molar-refractivity contribution in [2.75, 3.05) is 6.61 Å². The number of rotatable bonds is 3. The molecule has 1 aromatic rings. The molecule has 0 aliphatic heterocycles. The number of amides is 1. The Morgan fingerprint density at radius 2 is 1.72 bits per heavy atom. The van der Waals surface area contributed by atoms with Crippen LogP contribution in [0.15, 0.2) is 18.2 Å². The van der Waals surface area contributed by atoms with Gasteiger partial charge in [0.2, 0.25) is 0 Å². The predicted molar refractivity (Wildman–Crippen MR) is 65.5 cm³/mol. The van der Waals surface area contributed by atoms with Crippen LogP contribution >= 0.6 is 0 Å². The Kier molecular flexibility index (Phi) is 3.43. The average Bonchev–Trinajstić information content (AvgIpc) is 2.77. The summed E-state index contributed by atoms with van der Waals surface area (Å²) >= 11 is 0. The molecule has 0 heterocycles. The summed E-state index contributed by atoms with van der Waals surface area (Å²) in [5, 5.41) is 30.9. The Morgan fingerprint density at radius 1 is 1.17 bits per heavy atom. The third-order valence-electron chi connectivity index (χ3n) is 3.41. The van der Waals surface area contributed by atoms with Gasteiger partial charge in [-0.1, -0.05) is 12.8 Å². The number of phenols is 2. The fraction of sp³-hybridized carbons (Fsp3) is 0.462. The SMILES string of the molecule is O=C(NC1(CO)CCCC1)c1cc(O)cc(O)c1. The minimum absolute atomic E-state index is 0.0937. The summed E-state index contributed by atoms with van der Waals surface area (Å²) in [6.07, 6.45) is 3.46. The first-order valence-electron chi connectivity index (χ1n) is 6.01. The van der Waals surface area contributed by atoms with Crippen LogP contribution in [-0.4, -0.2) is 33.4 Å². The summed E-state index contributed by atoms with van der Waals surface area (Å²) in [5.74, 6) is -0.716. The third kappa shape index (κ3) is 2.56. The summed E-state index contributed by atoms with van der Waals surface area (Å²) in [4.78, 5) is 12.0. The summed E-state index contributed by atoms with van der Waals surface area (Å²) in [6, 6.07) is 3.73. The molecule has 5 heteroatoms. The first-order chi connectivity index (χ1) is 8.54. The van der Waals surface area contributed by atoms with Gasteiger partial charge in [-0.05, 0) is 25.0 Å². The first-order valence-corrected chi connectivity index (χ1v) is 6.01. The second-order valence-electron chi connectivity index (χ2n) is 4.84. The summed E-state index contributed by atoms with van der Waals surface area (Å²) in [6.45, 7) is -0.0937. The minimum Gasteiger partial charge on any atom is -0.508 e. The Hall–Kier alpha value is -1.75. The molecule has 98 valence electrons. The fourth-order valence-electron chi connectivity index (χ4n) is 2.41. The number of hydrogen-bond donors (Lipinski definition) is 4. The minimum atomic E-state index is -0.557. The lowest BCUT2D eigenvalue weighted by Gasteiger charge is -2.28. The van der Waals surface area contributed by atoms with E-state index in [4.69, 9.17) is 0 Å². The lowest BCUT2D eigenvalue weighted by Crippen LogP contribution is -2.49. The van der Waals surface area contributed by atoms with Crippen molar-refractivity contribution in [3.63, 3.8) is 0 Å². The molecule has 0 radical (unpaired) electrons. The van der Waals surface area contributed by atoms with E-state index >= 15 is 0 Å². The van der Waals surface area contributed by atoms with Crippen LogP contribution in [0, 0.1) is 0 Å². The zero-order valence-electron chi connectivity index (χ0n) is 10.0. The highest BCUT2D eigenvalue weighted by atomic mass is 16.3. The van der Waals surface area contributed by atoms with Gasteiger partial charge in [-0.3, -0.25) is 4.79 Å². The van der Waals surface area contributed by atoms with Crippen LogP contribution in [0.25, 0.3) is 0 Å². The Labute approximate surface area is 105 Å². The van der Waals surface area contributed by atoms with Crippen LogP contribution in [-0.2, 0) is 0 Å². The molecule has 0 aromatic heterocycles. The van der Waals surface area contributed by atoms with Crippen LogP contribution in [0.1, 0.15) is 36.0 Å². The molecular formula is C13H17NO4. The first kappa shape index (κ1) is 12.7. The molecule has 4 N–H and O–H groups in total. The molecule has 0 saturated heterocycles. The van der Waals surface area contributed by atoms with Crippen LogP contribution in [0.2, 0.25) is 0 Å². The number of nitrogens with one attached hydrogen (secondary N) is 1. The molecule has 1 aromatic carbocycles. The van der Waals surface area contributed by atoms with Gasteiger partial charge in [-0.15, -0.1) is 0 Å². The maximum Gasteiger partial charge on any atom is 0.252 e. The van der Waals surface area contributed by atoms with Crippen molar-refractivity contribution in [1.82, 2.24) is 5.32 Å². The Morgan fingerprint density at radius 3 is 2.22 bits per heavy atom. The monoisotopic (exact) mass is 251 g/mol. The molecule has 0 atom stereocenters. The van der Waals surface area contributed by atoms with E-state index in [-0.39, 0.29) is 23.7 Å². The number of benzene rings is 1. The van der Waals surface area contributed by atoms with Gasteiger partial charge in [-0.25, -0.2) is 0 Å². The lowest BCUT2D eigenvalue weighted by atomic mass is 9.98. The maximum atomic E-state index is 12.0. The smallest absolute Gasteiger partial charge is 0.252 e. The van der Waals surface area contributed by atoms with Crippen molar-refractivity contribution < 1.29 is 20.1 Å². The molecule has 1 aliphatic carbocycles. The van der Waals surface area contributed by atoms with Gasteiger partial charge in [0.25, 0.3) is 5.91 Å². The molecule has 5 nitrogen and oxygen atoms in total. The number of aromatic hydroxyl groups is 2. The van der Waals surface area contributed by atoms with Gasteiger partial charge in [-0.2, -0.15) is 0 Å². The topological polar surface area (TPSA) is 89.8 Å². The maximum absolute atomic E-state index is 12.0.